The van der Waals surface area contributed by atoms with Crippen molar-refractivity contribution in [1.29, 1.82) is 0 Å². The van der Waals surface area contributed by atoms with Gasteiger partial charge in [0.05, 0.1) is 0 Å². The molecule has 2 saturated heterocycles. The van der Waals surface area contributed by atoms with Gasteiger partial charge in [-0.3, -0.25) is 9.69 Å². The summed E-state index contributed by atoms with van der Waals surface area (Å²) >= 11 is 0. The van der Waals surface area contributed by atoms with E-state index >= 15 is 0 Å². The standard InChI is InChI=1S/C25H30N2O/c28-24(21-11-5-2-6-12-21)26-17-13-22(14-18-26)27-19-25(15-7-8-16-25)23(27)20-9-3-1-4-10-20/h1-6,9-12,22-23H,7-8,13-19H2. The van der Waals surface area contributed by atoms with Crippen LogP contribution < -0.4 is 0 Å². The Balaban J connectivity index is 1.28. The second-order valence-electron chi connectivity index (χ2n) is 8.94. The zero-order valence-electron chi connectivity index (χ0n) is 16.6. The van der Waals surface area contributed by atoms with E-state index in [1.165, 1.54) is 37.8 Å². The third-order valence-corrected chi connectivity index (χ3v) is 7.37. The Bertz CT molecular complexity index is 805. The lowest BCUT2D eigenvalue weighted by atomic mass is 9.66. The molecule has 1 amide bonds. The number of carbonyl (C=O) groups excluding carboxylic acids is 1. The molecular weight excluding hydrogens is 344 g/mol. The molecule has 146 valence electrons. The smallest absolute Gasteiger partial charge is 0.253 e. The van der Waals surface area contributed by atoms with Crippen molar-refractivity contribution < 1.29 is 4.79 Å². The summed E-state index contributed by atoms with van der Waals surface area (Å²) in [6, 6.07) is 22.1. The number of hydrogen-bond acceptors (Lipinski definition) is 2. The van der Waals surface area contributed by atoms with Crippen LogP contribution in [0.1, 0.15) is 60.5 Å². The molecule has 2 aromatic carbocycles. The van der Waals surface area contributed by atoms with Crippen molar-refractivity contribution in [3.8, 4) is 0 Å². The predicted octanol–water partition coefficient (Wildman–Crippen LogP) is 4.91. The fourth-order valence-electron chi connectivity index (χ4n) is 5.98. The van der Waals surface area contributed by atoms with Crippen molar-refractivity contribution in [3.05, 3.63) is 71.8 Å². The molecule has 3 aliphatic rings. The number of nitrogens with zero attached hydrogens (tertiary/aromatic N) is 2. The molecule has 3 fully saturated rings. The largest absolute Gasteiger partial charge is 0.339 e. The molecule has 5 rings (SSSR count). The van der Waals surface area contributed by atoms with Crippen molar-refractivity contribution in [2.75, 3.05) is 19.6 Å². The van der Waals surface area contributed by atoms with E-state index in [1.54, 1.807) is 0 Å². The zero-order valence-corrected chi connectivity index (χ0v) is 16.6. The molecule has 1 atom stereocenters. The molecule has 3 heteroatoms. The van der Waals surface area contributed by atoms with Gasteiger partial charge in [-0.15, -0.1) is 0 Å². The Hall–Kier alpha value is -2.13. The highest BCUT2D eigenvalue weighted by Crippen LogP contribution is 2.59. The fourth-order valence-corrected chi connectivity index (χ4v) is 5.98. The van der Waals surface area contributed by atoms with E-state index in [2.05, 4.69) is 40.1 Å². The Morgan fingerprint density at radius 1 is 0.857 bits per heavy atom. The van der Waals surface area contributed by atoms with Crippen LogP contribution in [0.3, 0.4) is 0 Å². The first-order valence-electron chi connectivity index (χ1n) is 10.9. The minimum Gasteiger partial charge on any atom is -0.339 e. The van der Waals surface area contributed by atoms with Crippen LogP contribution in [0, 0.1) is 5.41 Å². The molecule has 2 aromatic rings. The van der Waals surface area contributed by atoms with Gasteiger partial charge >= 0.3 is 0 Å². The number of piperidine rings is 1. The quantitative estimate of drug-likeness (QED) is 0.762. The highest BCUT2D eigenvalue weighted by atomic mass is 16.2. The first-order chi connectivity index (χ1) is 13.8. The van der Waals surface area contributed by atoms with Crippen molar-refractivity contribution in [1.82, 2.24) is 9.80 Å². The Labute approximate surface area is 168 Å². The van der Waals surface area contributed by atoms with Crippen molar-refractivity contribution in [2.45, 2.75) is 50.6 Å². The van der Waals surface area contributed by atoms with E-state index in [9.17, 15) is 4.79 Å². The van der Waals surface area contributed by atoms with E-state index in [-0.39, 0.29) is 5.91 Å². The van der Waals surface area contributed by atoms with Crippen LogP contribution in [0.2, 0.25) is 0 Å². The van der Waals surface area contributed by atoms with Gasteiger partial charge in [-0.25, -0.2) is 0 Å². The Kier molecular flexibility index (Phi) is 4.72. The molecule has 1 spiro atoms. The topological polar surface area (TPSA) is 23.6 Å². The maximum absolute atomic E-state index is 12.8. The summed E-state index contributed by atoms with van der Waals surface area (Å²) in [6.07, 6.45) is 7.74. The Morgan fingerprint density at radius 3 is 2.11 bits per heavy atom. The van der Waals surface area contributed by atoms with Gasteiger partial charge in [-0.1, -0.05) is 61.4 Å². The molecule has 0 bridgehead atoms. The van der Waals surface area contributed by atoms with Gasteiger partial charge in [-0.05, 0) is 43.4 Å². The molecule has 3 nitrogen and oxygen atoms in total. The highest BCUT2D eigenvalue weighted by molar-refractivity contribution is 5.94. The van der Waals surface area contributed by atoms with Crippen LogP contribution in [0.15, 0.2) is 60.7 Å². The van der Waals surface area contributed by atoms with Crippen LogP contribution >= 0.6 is 0 Å². The summed E-state index contributed by atoms with van der Waals surface area (Å²) in [6.45, 7) is 3.01. The van der Waals surface area contributed by atoms with Crippen LogP contribution in [0.4, 0.5) is 0 Å². The van der Waals surface area contributed by atoms with Gasteiger partial charge < -0.3 is 4.90 Å². The minimum absolute atomic E-state index is 0.189. The number of carbonyl (C=O) groups is 1. The maximum atomic E-state index is 12.8. The molecule has 1 unspecified atom stereocenters. The normalized spacial score (nSPS) is 25.0. The molecule has 0 aromatic heterocycles. The average Bonchev–Trinajstić information content (AvgIpc) is 3.25. The van der Waals surface area contributed by atoms with Gasteiger partial charge in [0, 0.05) is 42.7 Å². The highest BCUT2D eigenvalue weighted by Gasteiger charge is 2.55. The van der Waals surface area contributed by atoms with Crippen LogP contribution in [0.25, 0.3) is 0 Å². The van der Waals surface area contributed by atoms with Crippen LogP contribution in [0.5, 0.6) is 0 Å². The molecule has 0 N–H and O–H groups in total. The SMILES string of the molecule is O=C(c1ccccc1)N1CCC(N2CC3(CCCC3)C2c2ccccc2)CC1. The van der Waals surface area contributed by atoms with Gasteiger partial charge in [0.1, 0.15) is 0 Å². The molecule has 28 heavy (non-hydrogen) atoms. The minimum atomic E-state index is 0.189. The second kappa shape index (κ2) is 7.36. The summed E-state index contributed by atoms with van der Waals surface area (Å²) in [5.74, 6) is 0.189. The van der Waals surface area contributed by atoms with Gasteiger partial charge in [-0.2, -0.15) is 0 Å². The van der Waals surface area contributed by atoms with Crippen molar-refractivity contribution >= 4 is 5.91 Å². The average molecular weight is 375 g/mol. The molecule has 0 radical (unpaired) electrons. The summed E-state index contributed by atoms with van der Waals surface area (Å²) in [7, 11) is 0. The molecule has 2 aliphatic heterocycles. The molecule has 2 heterocycles. The third-order valence-electron chi connectivity index (χ3n) is 7.37. The lowest BCUT2D eigenvalue weighted by Gasteiger charge is -2.60. The molecule has 1 aliphatic carbocycles. The van der Waals surface area contributed by atoms with Gasteiger partial charge in [0.25, 0.3) is 5.91 Å². The first-order valence-corrected chi connectivity index (χ1v) is 10.9. The number of hydrogen-bond donors (Lipinski definition) is 0. The summed E-state index contributed by atoms with van der Waals surface area (Å²) in [4.78, 5) is 17.6. The van der Waals surface area contributed by atoms with Gasteiger partial charge in [0.15, 0.2) is 0 Å². The monoisotopic (exact) mass is 374 g/mol. The molecule has 1 saturated carbocycles. The van der Waals surface area contributed by atoms with Crippen LogP contribution in [-0.2, 0) is 0 Å². The number of amides is 1. The summed E-state index contributed by atoms with van der Waals surface area (Å²) < 4.78 is 0. The van der Waals surface area contributed by atoms with E-state index in [0.29, 0.717) is 17.5 Å². The Morgan fingerprint density at radius 2 is 1.46 bits per heavy atom. The fraction of sp³-hybridized carbons (Fsp3) is 0.480. The third kappa shape index (κ3) is 3.06. The second-order valence-corrected chi connectivity index (χ2v) is 8.94. The van der Waals surface area contributed by atoms with E-state index in [4.69, 9.17) is 0 Å². The van der Waals surface area contributed by atoms with Crippen molar-refractivity contribution in [3.63, 3.8) is 0 Å². The zero-order chi connectivity index (χ0) is 19.0. The molecular formula is C25H30N2O. The van der Waals surface area contributed by atoms with Gasteiger partial charge in [0.2, 0.25) is 0 Å². The summed E-state index contributed by atoms with van der Waals surface area (Å²) in [5, 5.41) is 0. The number of rotatable bonds is 3. The van der Waals surface area contributed by atoms with Crippen molar-refractivity contribution in [2.24, 2.45) is 5.41 Å². The first kappa shape index (κ1) is 17.9. The number of benzene rings is 2. The summed E-state index contributed by atoms with van der Waals surface area (Å²) in [5.41, 5.74) is 2.83. The number of likely N-dealkylation sites (tertiary alicyclic amines) is 2. The van der Waals surface area contributed by atoms with E-state index < -0.39 is 0 Å². The maximum Gasteiger partial charge on any atom is 0.253 e. The lowest BCUT2D eigenvalue weighted by molar-refractivity contribution is -0.111. The van der Waals surface area contributed by atoms with Crippen LogP contribution in [-0.4, -0.2) is 41.4 Å². The van der Waals surface area contributed by atoms with E-state index in [0.717, 1.165) is 31.5 Å². The lowest BCUT2D eigenvalue weighted by Crippen LogP contribution is -2.62. The van der Waals surface area contributed by atoms with E-state index in [1.807, 2.05) is 30.3 Å². The predicted molar refractivity (Wildman–Crippen MR) is 112 cm³/mol.